The van der Waals surface area contributed by atoms with Crippen LogP contribution in [0.15, 0.2) is 24.3 Å². The van der Waals surface area contributed by atoms with E-state index in [2.05, 4.69) is 0 Å². The van der Waals surface area contributed by atoms with Crippen LogP contribution in [0.1, 0.15) is 37.7 Å². The predicted molar refractivity (Wildman–Crippen MR) is 77.7 cm³/mol. The molecule has 0 spiro atoms. The number of carbonyl (C=O) groups excluding carboxylic acids is 1. The Labute approximate surface area is 124 Å². The van der Waals surface area contributed by atoms with Gasteiger partial charge >= 0.3 is 5.97 Å². The molecule has 1 aliphatic carbocycles. The highest BCUT2D eigenvalue weighted by Gasteiger charge is 2.43. The van der Waals surface area contributed by atoms with Crippen molar-refractivity contribution in [1.82, 2.24) is 4.90 Å². The average Bonchev–Trinajstić information content (AvgIpc) is 2.91. The second-order valence-electron chi connectivity index (χ2n) is 5.89. The summed E-state index contributed by atoms with van der Waals surface area (Å²) in [6, 6.07) is 6.65. The lowest BCUT2D eigenvalue weighted by Crippen LogP contribution is -2.36. The number of phenols is 1. The van der Waals surface area contributed by atoms with Crippen molar-refractivity contribution in [3.63, 3.8) is 0 Å². The molecule has 5 heteroatoms. The van der Waals surface area contributed by atoms with E-state index in [4.69, 9.17) is 0 Å². The third-order valence-corrected chi connectivity index (χ3v) is 4.29. The first-order valence-corrected chi connectivity index (χ1v) is 7.18. The van der Waals surface area contributed by atoms with Crippen LogP contribution in [0.4, 0.5) is 0 Å². The van der Waals surface area contributed by atoms with E-state index < -0.39 is 11.4 Å². The summed E-state index contributed by atoms with van der Waals surface area (Å²) < 4.78 is 0. The van der Waals surface area contributed by atoms with Crippen molar-refractivity contribution in [2.24, 2.45) is 5.41 Å². The average molecular weight is 291 g/mol. The Balaban J connectivity index is 1.99. The maximum Gasteiger partial charge on any atom is 0.310 e. The summed E-state index contributed by atoms with van der Waals surface area (Å²) in [6.45, 7) is 0.412. The van der Waals surface area contributed by atoms with Gasteiger partial charge in [0.05, 0.1) is 5.41 Å². The van der Waals surface area contributed by atoms with Gasteiger partial charge in [-0.05, 0) is 30.5 Å². The number of carboxylic acid groups (broad SMARTS) is 1. The van der Waals surface area contributed by atoms with E-state index in [1.54, 1.807) is 36.2 Å². The highest BCUT2D eigenvalue weighted by molar-refractivity contribution is 5.85. The Morgan fingerprint density at radius 2 is 1.76 bits per heavy atom. The highest BCUT2D eigenvalue weighted by Crippen LogP contribution is 2.41. The van der Waals surface area contributed by atoms with Crippen LogP contribution in [-0.4, -0.2) is 34.0 Å². The normalized spacial score (nSPS) is 16.6. The number of benzene rings is 1. The quantitative estimate of drug-likeness (QED) is 0.873. The number of carboxylic acids is 1. The van der Waals surface area contributed by atoms with E-state index in [-0.39, 0.29) is 18.1 Å². The van der Waals surface area contributed by atoms with Crippen molar-refractivity contribution >= 4 is 11.9 Å². The molecule has 21 heavy (non-hydrogen) atoms. The first kappa shape index (κ1) is 15.4. The van der Waals surface area contributed by atoms with Gasteiger partial charge in [0.15, 0.2) is 0 Å². The van der Waals surface area contributed by atoms with Gasteiger partial charge in [0.1, 0.15) is 5.75 Å². The third-order valence-electron chi connectivity index (χ3n) is 4.29. The van der Waals surface area contributed by atoms with Gasteiger partial charge in [0.25, 0.3) is 0 Å². The van der Waals surface area contributed by atoms with E-state index in [0.29, 0.717) is 19.4 Å². The zero-order valence-corrected chi connectivity index (χ0v) is 12.2. The van der Waals surface area contributed by atoms with Crippen LogP contribution in [-0.2, 0) is 16.1 Å². The van der Waals surface area contributed by atoms with Crippen LogP contribution in [0.25, 0.3) is 0 Å². The minimum absolute atomic E-state index is 0.0664. The minimum atomic E-state index is -0.875. The Morgan fingerprint density at radius 3 is 2.29 bits per heavy atom. The number of carbonyl (C=O) groups is 2. The molecule has 0 radical (unpaired) electrons. The van der Waals surface area contributed by atoms with E-state index >= 15 is 0 Å². The first-order valence-electron chi connectivity index (χ1n) is 7.18. The van der Waals surface area contributed by atoms with Crippen LogP contribution in [0.5, 0.6) is 5.75 Å². The topological polar surface area (TPSA) is 77.8 Å². The number of amides is 1. The number of rotatable bonds is 5. The molecule has 2 N–H and O–H groups in total. The largest absolute Gasteiger partial charge is 0.508 e. The molecule has 1 aliphatic rings. The molecule has 1 aromatic carbocycles. The number of nitrogens with zero attached hydrogens (tertiary/aromatic N) is 1. The van der Waals surface area contributed by atoms with Gasteiger partial charge in [-0.1, -0.05) is 25.0 Å². The summed E-state index contributed by atoms with van der Waals surface area (Å²) >= 11 is 0. The third kappa shape index (κ3) is 3.54. The molecule has 0 atom stereocenters. The van der Waals surface area contributed by atoms with Crippen molar-refractivity contribution in [3.8, 4) is 5.75 Å². The van der Waals surface area contributed by atoms with Crippen molar-refractivity contribution in [2.45, 2.75) is 38.6 Å². The molecule has 0 bridgehead atoms. The van der Waals surface area contributed by atoms with Gasteiger partial charge in [-0.3, -0.25) is 9.59 Å². The van der Waals surface area contributed by atoms with E-state index in [1.807, 2.05) is 0 Å². The Kier molecular flexibility index (Phi) is 4.50. The van der Waals surface area contributed by atoms with E-state index in [0.717, 1.165) is 18.4 Å². The van der Waals surface area contributed by atoms with Gasteiger partial charge in [0.2, 0.25) is 5.91 Å². The lowest BCUT2D eigenvalue weighted by molar-refractivity contribution is -0.153. The number of phenolic OH excluding ortho intramolecular Hbond substituents is 1. The van der Waals surface area contributed by atoms with Crippen LogP contribution >= 0.6 is 0 Å². The Bertz CT molecular complexity index is 518. The Hall–Kier alpha value is -2.04. The molecule has 1 saturated carbocycles. The molecule has 1 amide bonds. The zero-order chi connectivity index (χ0) is 15.5. The molecule has 0 heterocycles. The lowest BCUT2D eigenvalue weighted by Gasteiger charge is -2.26. The van der Waals surface area contributed by atoms with Crippen molar-refractivity contribution in [3.05, 3.63) is 29.8 Å². The summed E-state index contributed by atoms with van der Waals surface area (Å²) in [5.41, 5.74) is 0.0276. The van der Waals surface area contributed by atoms with Crippen molar-refractivity contribution in [1.29, 1.82) is 0 Å². The lowest BCUT2D eigenvalue weighted by atomic mass is 9.82. The Morgan fingerprint density at radius 1 is 1.19 bits per heavy atom. The summed E-state index contributed by atoms with van der Waals surface area (Å²) in [5, 5.41) is 18.7. The van der Waals surface area contributed by atoms with E-state index in [1.165, 1.54) is 0 Å². The first-order chi connectivity index (χ1) is 9.93. The SMILES string of the molecule is CN(Cc1ccc(O)cc1)C(=O)CC1(C(=O)O)CCCC1. The molecular formula is C16H21NO4. The van der Waals surface area contributed by atoms with Crippen LogP contribution < -0.4 is 0 Å². The number of hydrogen-bond acceptors (Lipinski definition) is 3. The summed E-state index contributed by atoms with van der Waals surface area (Å²) in [4.78, 5) is 25.3. The molecule has 0 aromatic heterocycles. The standard InChI is InChI=1S/C16H21NO4/c1-17(11-12-4-6-13(18)7-5-12)14(19)10-16(15(20)21)8-2-3-9-16/h4-7,18H,2-3,8-11H2,1H3,(H,20,21). The molecular weight excluding hydrogens is 270 g/mol. The van der Waals surface area contributed by atoms with Crippen molar-refractivity contribution in [2.75, 3.05) is 7.05 Å². The highest BCUT2D eigenvalue weighted by atomic mass is 16.4. The fourth-order valence-electron chi connectivity index (χ4n) is 2.91. The van der Waals surface area contributed by atoms with Gasteiger partial charge < -0.3 is 15.1 Å². The number of hydrogen-bond donors (Lipinski definition) is 2. The van der Waals surface area contributed by atoms with Gasteiger partial charge in [-0.2, -0.15) is 0 Å². The second kappa shape index (κ2) is 6.16. The predicted octanol–water partition coefficient (Wildman–Crippen LogP) is 2.39. The maximum absolute atomic E-state index is 12.3. The monoisotopic (exact) mass is 291 g/mol. The molecule has 0 saturated heterocycles. The molecule has 0 unspecified atom stereocenters. The van der Waals surface area contributed by atoms with Crippen molar-refractivity contribution < 1.29 is 19.8 Å². The molecule has 1 aromatic rings. The fraction of sp³-hybridized carbons (Fsp3) is 0.500. The van der Waals surface area contributed by atoms with Crippen LogP contribution in [0, 0.1) is 5.41 Å². The smallest absolute Gasteiger partial charge is 0.310 e. The zero-order valence-electron chi connectivity index (χ0n) is 12.2. The molecule has 0 aliphatic heterocycles. The number of aliphatic carboxylic acids is 1. The molecule has 2 rings (SSSR count). The van der Waals surface area contributed by atoms with Crippen LogP contribution in [0.3, 0.4) is 0 Å². The number of aromatic hydroxyl groups is 1. The molecule has 1 fully saturated rings. The van der Waals surface area contributed by atoms with Gasteiger partial charge in [-0.15, -0.1) is 0 Å². The maximum atomic E-state index is 12.3. The fourth-order valence-corrected chi connectivity index (χ4v) is 2.91. The van der Waals surface area contributed by atoms with Crippen LogP contribution in [0.2, 0.25) is 0 Å². The van der Waals surface area contributed by atoms with Gasteiger partial charge in [-0.25, -0.2) is 0 Å². The summed E-state index contributed by atoms with van der Waals surface area (Å²) in [7, 11) is 1.68. The second-order valence-corrected chi connectivity index (χ2v) is 5.89. The van der Waals surface area contributed by atoms with Gasteiger partial charge in [0, 0.05) is 20.0 Å². The molecule has 114 valence electrons. The summed E-state index contributed by atoms with van der Waals surface area (Å²) in [5.74, 6) is -0.817. The molecule has 5 nitrogen and oxygen atoms in total. The summed E-state index contributed by atoms with van der Waals surface area (Å²) in [6.07, 6.45) is 2.99. The van der Waals surface area contributed by atoms with E-state index in [9.17, 15) is 19.8 Å². The minimum Gasteiger partial charge on any atom is -0.508 e.